The normalized spacial score (nSPS) is 10.1. The van der Waals surface area contributed by atoms with E-state index in [9.17, 15) is 9.59 Å². The molecule has 0 bridgehead atoms. The van der Waals surface area contributed by atoms with Gasteiger partial charge >= 0.3 is 0 Å². The Morgan fingerprint density at radius 3 is 2.37 bits per heavy atom. The summed E-state index contributed by atoms with van der Waals surface area (Å²) < 4.78 is 5.15. The molecule has 0 aromatic heterocycles. The SMILES string of the molecule is COc1ccc(N)c(NC(=O)c2ccc(NC(=O)CC(C)C)c(C)c2)c1.Cl. The van der Waals surface area contributed by atoms with Gasteiger partial charge in [-0.1, -0.05) is 13.8 Å². The lowest BCUT2D eigenvalue weighted by Gasteiger charge is -2.13. The van der Waals surface area contributed by atoms with Crippen LogP contribution < -0.4 is 21.1 Å². The maximum Gasteiger partial charge on any atom is 0.255 e. The van der Waals surface area contributed by atoms with Crippen molar-refractivity contribution in [1.82, 2.24) is 0 Å². The van der Waals surface area contributed by atoms with Crippen LogP contribution in [0.3, 0.4) is 0 Å². The van der Waals surface area contributed by atoms with Gasteiger partial charge in [0, 0.05) is 23.7 Å². The lowest BCUT2D eigenvalue weighted by atomic mass is 10.1. The number of anilines is 3. The fourth-order valence-corrected chi connectivity index (χ4v) is 2.48. The first-order chi connectivity index (χ1) is 12.3. The molecule has 0 saturated carbocycles. The summed E-state index contributed by atoms with van der Waals surface area (Å²) in [7, 11) is 1.55. The number of hydrogen-bond acceptors (Lipinski definition) is 4. The van der Waals surface area contributed by atoms with Crippen molar-refractivity contribution in [2.24, 2.45) is 5.92 Å². The van der Waals surface area contributed by atoms with Crippen LogP contribution in [0, 0.1) is 12.8 Å². The molecule has 0 heterocycles. The zero-order chi connectivity index (χ0) is 19.3. The van der Waals surface area contributed by atoms with E-state index in [1.807, 2.05) is 20.8 Å². The molecule has 0 saturated heterocycles. The number of halogens is 1. The van der Waals surface area contributed by atoms with E-state index in [1.54, 1.807) is 43.5 Å². The molecular formula is C20H26ClN3O3. The van der Waals surface area contributed by atoms with E-state index in [4.69, 9.17) is 10.5 Å². The number of aryl methyl sites for hydroxylation is 1. The molecule has 0 unspecified atom stereocenters. The number of nitrogen functional groups attached to an aromatic ring is 1. The van der Waals surface area contributed by atoms with Crippen molar-refractivity contribution in [3.8, 4) is 5.75 Å². The standard InChI is InChI=1S/C20H25N3O3.ClH/c1-12(2)9-19(24)22-17-8-5-14(10-13(17)3)20(25)23-18-11-15(26-4)6-7-16(18)21;/h5-8,10-12H,9,21H2,1-4H3,(H,22,24)(H,23,25);1H. The maximum absolute atomic E-state index is 12.5. The quantitative estimate of drug-likeness (QED) is 0.642. The summed E-state index contributed by atoms with van der Waals surface area (Å²) in [6, 6.07) is 10.2. The second kappa shape index (κ2) is 9.83. The smallest absolute Gasteiger partial charge is 0.255 e. The van der Waals surface area contributed by atoms with Gasteiger partial charge in [0.15, 0.2) is 0 Å². The van der Waals surface area contributed by atoms with Crippen molar-refractivity contribution >= 4 is 41.3 Å². The van der Waals surface area contributed by atoms with E-state index in [0.717, 1.165) is 5.56 Å². The van der Waals surface area contributed by atoms with Crippen molar-refractivity contribution in [1.29, 1.82) is 0 Å². The predicted molar refractivity (Wildman–Crippen MR) is 112 cm³/mol. The molecule has 0 fully saturated rings. The molecule has 27 heavy (non-hydrogen) atoms. The Kier molecular flexibility index (Phi) is 8.12. The third-order valence-corrected chi connectivity index (χ3v) is 3.86. The Labute approximate surface area is 165 Å². The molecule has 146 valence electrons. The molecule has 2 rings (SSSR count). The van der Waals surface area contributed by atoms with Gasteiger partial charge in [-0.15, -0.1) is 12.4 Å². The molecule has 2 aromatic rings. The monoisotopic (exact) mass is 391 g/mol. The summed E-state index contributed by atoms with van der Waals surface area (Å²) in [4.78, 5) is 24.4. The first kappa shape index (κ1) is 22.3. The summed E-state index contributed by atoms with van der Waals surface area (Å²) in [5.41, 5.74) is 8.83. The minimum Gasteiger partial charge on any atom is -0.497 e. The summed E-state index contributed by atoms with van der Waals surface area (Å²) >= 11 is 0. The van der Waals surface area contributed by atoms with Crippen LogP contribution in [0.4, 0.5) is 17.1 Å². The largest absolute Gasteiger partial charge is 0.497 e. The van der Waals surface area contributed by atoms with Gasteiger partial charge in [0.2, 0.25) is 5.91 Å². The second-order valence-electron chi connectivity index (χ2n) is 6.58. The number of benzene rings is 2. The van der Waals surface area contributed by atoms with E-state index in [1.165, 1.54) is 0 Å². The number of methoxy groups -OCH3 is 1. The molecule has 2 aromatic carbocycles. The number of hydrogen-bond donors (Lipinski definition) is 3. The summed E-state index contributed by atoms with van der Waals surface area (Å²) in [6.07, 6.45) is 0.455. The Hall–Kier alpha value is -2.73. The third-order valence-electron chi connectivity index (χ3n) is 3.86. The van der Waals surface area contributed by atoms with Crippen LogP contribution in [-0.2, 0) is 4.79 Å². The molecule has 0 radical (unpaired) electrons. The average Bonchev–Trinajstić information content (AvgIpc) is 2.57. The first-order valence-electron chi connectivity index (χ1n) is 8.45. The van der Waals surface area contributed by atoms with Crippen LogP contribution in [0.2, 0.25) is 0 Å². The third kappa shape index (κ3) is 6.18. The number of carbonyl (C=O) groups is 2. The molecule has 0 aliphatic rings. The first-order valence-corrected chi connectivity index (χ1v) is 8.45. The van der Waals surface area contributed by atoms with Crippen LogP contribution >= 0.6 is 12.4 Å². The highest BCUT2D eigenvalue weighted by atomic mass is 35.5. The van der Waals surface area contributed by atoms with E-state index in [2.05, 4.69) is 10.6 Å². The molecule has 0 aliphatic carbocycles. The maximum atomic E-state index is 12.5. The van der Waals surface area contributed by atoms with Crippen LogP contribution in [0.25, 0.3) is 0 Å². The van der Waals surface area contributed by atoms with E-state index in [0.29, 0.717) is 34.8 Å². The van der Waals surface area contributed by atoms with Gasteiger partial charge < -0.3 is 21.1 Å². The second-order valence-corrected chi connectivity index (χ2v) is 6.58. The van der Waals surface area contributed by atoms with Crippen molar-refractivity contribution in [2.45, 2.75) is 27.2 Å². The van der Waals surface area contributed by atoms with Crippen LogP contribution in [0.1, 0.15) is 36.2 Å². The Morgan fingerprint density at radius 2 is 1.78 bits per heavy atom. The molecule has 0 atom stereocenters. The Balaban J connectivity index is 0.00000364. The topological polar surface area (TPSA) is 93.4 Å². The minimum atomic E-state index is -0.284. The van der Waals surface area contributed by atoms with Crippen molar-refractivity contribution in [3.05, 3.63) is 47.5 Å². The lowest BCUT2D eigenvalue weighted by molar-refractivity contribution is -0.116. The zero-order valence-electron chi connectivity index (χ0n) is 16.0. The van der Waals surface area contributed by atoms with E-state index >= 15 is 0 Å². The van der Waals surface area contributed by atoms with Crippen molar-refractivity contribution < 1.29 is 14.3 Å². The number of carbonyl (C=O) groups excluding carboxylic acids is 2. The highest BCUT2D eigenvalue weighted by Gasteiger charge is 2.12. The molecule has 7 heteroatoms. The van der Waals surface area contributed by atoms with Gasteiger partial charge in [-0.05, 0) is 48.7 Å². The number of nitrogens with two attached hydrogens (primary N) is 1. The van der Waals surface area contributed by atoms with Gasteiger partial charge in [-0.2, -0.15) is 0 Å². The number of amides is 2. The fraction of sp³-hybridized carbons (Fsp3) is 0.300. The molecular weight excluding hydrogens is 366 g/mol. The van der Waals surface area contributed by atoms with Gasteiger partial charge in [0.05, 0.1) is 18.5 Å². The molecule has 2 amide bonds. The van der Waals surface area contributed by atoms with E-state index in [-0.39, 0.29) is 30.1 Å². The number of nitrogens with one attached hydrogen (secondary N) is 2. The Bertz CT molecular complexity index is 822. The predicted octanol–water partition coefficient (Wildman–Crippen LogP) is 4.24. The molecule has 0 spiro atoms. The van der Waals surface area contributed by atoms with Crippen molar-refractivity contribution in [2.75, 3.05) is 23.5 Å². The summed E-state index contributed by atoms with van der Waals surface area (Å²) in [5, 5.41) is 5.66. The lowest BCUT2D eigenvalue weighted by Crippen LogP contribution is -2.16. The van der Waals surface area contributed by atoms with Gasteiger partial charge in [0.25, 0.3) is 5.91 Å². The summed E-state index contributed by atoms with van der Waals surface area (Å²) in [6.45, 7) is 5.83. The van der Waals surface area contributed by atoms with Crippen molar-refractivity contribution in [3.63, 3.8) is 0 Å². The number of rotatable bonds is 6. The summed E-state index contributed by atoms with van der Waals surface area (Å²) in [5.74, 6) is 0.570. The fourth-order valence-electron chi connectivity index (χ4n) is 2.48. The Morgan fingerprint density at radius 1 is 1.07 bits per heavy atom. The molecule has 6 nitrogen and oxygen atoms in total. The minimum absolute atomic E-state index is 0. The van der Waals surface area contributed by atoms with Gasteiger partial charge in [0.1, 0.15) is 5.75 Å². The van der Waals surface area contributed by atoms with E-state index < -0.39 is 0 Å². The number of ether oxygens (including phenoxy) is 1. The molecule has 4 N–H and O–H groups in total. The highest BCUT2D eigenvalue weighted by Crippen LogP contribution is 2.25. The highest BCUT2D eigenvalue weighted by molar-refractivity contribution is 6.06. The van der Waals surface area contributed by atoms with Crippen LogP contribution in [0.15, 0.2) is 36.4 Å². The van der Waals surface area contributed by atoms with Crippen LogP contribution in [-0.4, -0.2) is 18.9 Å². The van der Waals surface area contributed by atoms with Gasteiger partial charge in [-0.25, -0.2) is 0 Å². The van der Waals surface area contributed by atoms with Crippen LogP contribution in [0.5, 0.6) is 5.75 Å². The van der Waals surface area contributed by atoms with Gasteiger partial charge in [-0.3, -0.25) is 9.59 Å². The average molecular weight is 392 g/mol. The zero-order valence-corrected chi connectivity index (χ0v) is 16.8. The molecule has 0 aliphatic heterocycles.